The fraction of sp³-hybridized carbons (Fsp3) is 1.00. The molecule has 3 N–H and O–H groups in total. The van der Waals surface area contributed by atoms with Crippen molar-refractivity contribution in [1.29, 1.82) is 0 Å². The number of hydrogen-bond donors (Lipinski definition) is 2. The first-order chi connectivity index (χ1) is 7.05. The van der Waals surface area contributed by atoms with Gasteiger partial charge >= 0.3 is 0 Å². The predicted molar refractivity (Wildman–Crippen MR) is 65.9 cm³/mol. The third-order valence-electron chi connectivity index (χ3n) is 3.59. The third-order valence-corrected chi connectivity index (χ3v) is 3.59. The van der Waals surface area contributed by atoms with Gasteiger partial charge in [-0.3, -0.25) is 4.90 Å². The zero-order valence-corrected chi connectivity index (χ0v) is 10.8. The molecule has 0 saturated heterocycles. The average molecular weight is 216 g/mol. The van der Waals surface area contributed by atoms with Crippen LogP contribution in [0.25, 0.3) is 0 Å². The van der Waals surface area contributed by atoms with Crippen molar-refractivity contribution in [2.45, 2.75) is 46.6 Å². The number of nitrogens with zero attached hydrogens (tertiary/aromatic N) is 1. The van der Waals surface area contributed by atoms with Crippen LogP contribution in [0.2, 0.25) is 0 Å². The van der Waals surface area contributed by atoms with Crippen molar-refractivity contribution in [2.75, 3.05) is 26.2 Å². The predicted octanol–water partition coefficient (Wildman–Crippen LogP) is 1.45. The SMILES string of the molecule is CCC(CC)(CN)CN(CCO)C(C)C. The summed E-state index contributed by atoms with van der Waals surface area (Å²) in [5.74, 6) is 0. The van der Waals surface area contributed by atoms with E-state index in [9.17, 15) is 0 Å². The first-order valence-electron chi connectivity index (χ1n) is 6.10. The van der Waals surface area contributed by atoms with E-state index in [1.165, 1.54) is 0 Å². The van der Waals surface area contributed by atoms with Crippen LogP contribution in [0.4, 0.5) is 0 Å². The molecule has 0 spiro atoms. The van der Waals surface area contributed by atoms with Gasteiger partial charge < -0.3 is 10.8 Å². The number of nitrogens with two attached hydrogens (primary N) is 1. The number of hydrogen-bond acceptors (Lipinski definition) is 3. The Bertz CT molecular complexity index is 147. The molecule has 0 radical (unpaired) electrons. The van der Waals surface area contributed by atoms with Crippen LogP contribution in [0, 0.1) is 5.41 Å². The lowest BCUT2D eigenvalue weighted by Gasteiger charge is -2.38. The second-order valence-corrected chi connectivity index (χ2v) is 4.70. The highest BCUT2D eigenvalue weighted by atomic mass is 16.3. The van der Waals surface area contributed by atoms with Gasteiger partial charge in [-0.1, -0.05) is 13.8 Å². The van der Waals surface area contributed by atoms with E-state index in [-0.39, 0.29) is 12.0 Å². The van der Waals surface area contributed by atoms with Crippen molar-refractivity contribution in [1.82, 2.24) is 4.90 Å². The molecule has 3 nitrogen and oxygen atoms in total. The zero-order valence-electron chi connectivity index (χ0n) is 10.8. The zero-order chi connectivity index (χ0) is 11.9. The normalized spacial score (nSPS) is 12.8. The minimum absolute atomic E-state index is 0.222. The topological polar surface area (TPSA) is 49.5 Å². The summed E-state index contributed by atoms with van der Waals surface area (Å²) in [7, 11) is 0. The van der Waals surface area contributed by atoms with Crippen molar-refractivity contribution in [2.24, 2.45) is 11.1 Å². The molecular formula is C12H28N2O. The van der Waals surface area contributed by atoms with Crippen molar-refractivity contribution in [3.05, 3.63) is 0 Å². The summed E-state index contributed by atoms with van der Waals surface area (Å²) < 4.78 is 0. The first kappa shape index (κ1) is 14.9. The van der Waals surface area contributed by atoms with Gasteiger partial charge in [0.25, 0.3) is 0 Å². The van der Waals surface area contributed by atoms with Crippen LogP contribution in [0.1, 0.15) is 40.5 Å². The smallest absolute Gasteiger partial charge is 0.0558 e. The Morgan fingerprint density at radius 3 is 2.07 bits per heavy atom. The van der Waals surface area contributed by atoms with Crippen molar-refractivity contribution in [3.8, 4) is 0 Å². The number of aliphatic hydroxyl groups is 1. The monoisotopic (exact) mass is 216 g/mol. The molecule has 0 bridgehead atoms. The van der Waals surface area contributed by atoms with E-state index < -0.39 is 0 Å². The maximum absolute atomic E-state index is 9.03. The molecule has 0 aliphatic heterocycles. The van der Waals surface area contributed by atoms with Gasteiger partial charge in [-0.05, 0) is 38.6 Å². The molecule has 0 atom stereocenters. The van der Waals surface area contributed by atoms with Crippen LogP contribution >= 0.6 is 0 Å². The number of rotatable bonds is 8. The molecular weight excluding hydrogens is 188 g/mol. The minimum atomic E-state index is 0.222. The van der Waals surface area contributed by atoms with Crippen LogP contribution in [0.15, 0.2) is 0 Å². The summed E-state index contributed by atoms with van der Waals surface area (Å²) >= 11 is 0. The molecule has 0 aliphatic carbocycles. The highest BCUT2D eigenvalue weighted by molar-refractivity contribution is 4.82. The van der Waals surface area contributed by atoms with Crippen LogP contribution in [-0.4, -0.2) is 42.3 Å². The molecule has 0 fully saturated rings. The van der Waals surface area contributed by atoms with Gasteiger partial charge in [-0.15, -0.1) is 0 Å². The van der Waals surface area contributed by atoms with Gasteiger partial charge in [0.15, 0.2) is 0 Å². The Morgan fingerprint density at radius 2 is 1.80 bits per heavy atom. The molecule has 0 unspecified atom stereocenters. The fourth-order valence-electron chi connectivity index (χ4n) is 1.91. The van der Waals surface area contributed by atoms with E-state index in [0.717, 1.165) is 32.5 Å². The Morgan fingerprint density at radius 1 is 1.27 bits per heavy atom. The summed E-state index contributed by atoms with van der Waals surface area (Å²) in [5.41, 5.74) is 6.11. The Labute approximate surface area is 94.6 Å². The molecule has 0 amide bonds. The Balaban J connectivity index is 4.45. The molecule has 0 aromatic rings. The molecule has 0 aliphatic rings. The fourth-order valence-corrected chi connectivity index (χ4v) is 1.91. The second kappa shape index (κ2) is 7.20. The van der Waals surface area contributed by atoms with Crippen LogP contribution in [-0.2, 0) is 0 Å². The van der Waals surface area contributed by atoms with Crippen LogP contribution < -0.4 is 5.73 Å². The van der Waals surface area contributed by atoms with E-state index in [4.69, 9.17) is 10.8 Å². The standard InChI is InChI=1S/C12H28N2O/c1-5-12(6-2,9-13)10-14(7-8-15)11(3)4/h11,15H,5-10,13H2,1-4H3. The highest BCUT2D eigenvalue weighted by Gasteiger charge is 2.27. The van der Waals surface area contributed by atoms with Gasteiger partial charge in [-0.25, -0.2) is 0 Å². The maximum Gasteiger partial charge on any atom is 0.0558 e. The lowest BCUT2D eigenvalue weighted by atomic mass is 9.81. The van der Waals surface area contributed by atoms with E-state index in [1.54, 1.807) is 0 Å². The van der Waals surface area contributed by atoms with E-state index in [0.29, 0.717) is 6.04 Å². The average Bonchev–Trinajstić information content (AvgIpc) is 2.24. The molecule has 0 aromatic heterocycles. The highest BCUT2D eigenvalue weighted by Crippen LogP contribution is 2.26. The summed E-state index contributed by atoms with van der Waals surface area (Å²) in [5, 5.41) is 9.03. The van der Waals surface area contributed by atoms with Gasteiger partial charge in [0.2, 0.25) is 0 Å². The molecule has 15 heavy (non-hydrogen) atoms. The van der Waals surface area contributed by atoms with Gasteiger partial charge in [0.1, 0.15) is 0 Å². The summed E-state index contributed by atoms with van der Waals surface area (Å²) in [6.07, 6.45) is 2.21. The molecule has 0 saturated carbocycles. The summed E-state index contributed by atoms with van der Waals surface area (Å²) in [4.78, 5) is 2.32. The molecule has 0 rings (SSSR count). The maximum atomic E-state index is 9.03. The Hall–Kier alpha value is -0.120. The van der Waals surface area contributed by atoms with E-state index >= 15 is 0 Å². The molecule has 92 valence electrons. The van der Waals surface area contributed by atoms with Crippen LogP contribution in [0.5, 0.6) is 0 Å². The number of aliphatic hydroxyl groups excluding tert-OH is 1. The molecule has 3 heteroatoms. The largest absolute Gasteiger partial charge is 0.395 e. The molecule has 0 aromatic carbocycles. The van der Waals surface area contributed by atoms with E-state index in [2.05, 4.69) is 32.6 Å². The van der Waals surface area contributed by atoms with Gasteiger partial charge in [0, 0.05) is 19.1 Å². The van der Waals surface area contributed by atoms with Crippen molar-refractivity contribution in [3.63, 3.8) is 0 Å². The van der Waals surface area contributed by atoms with Gasteiger partial charge in [-0.2, -0.15) is 0 Å². The second-order valence-electron chi connectivity index (χ2n) is 4.70. The first-order valence-corrected chi connectivity index (χ1v) is 6.10. The summed E-state index contributed by atoms with van der Waals surface area (Å²) in [6.45, 7) is 11.4. The van der Waals surface area contributed by atoms with Crippen molar-refractivity contribution < 1.29 is 5.11 Å². The quantitative estimate of drug-likeness (QED) is 0.646. The summed E-state index contributed by atoms with van der Waals surface area (Å²) in [6, 6.07) is 0.473. The lowest BCUT2D eigenvalue weighted by Crippen LogP contribution is -2.45. The lowest BCUT2D eigenvalue weighted by molar-refractivity contribution is 0.0963. The minimum Gasteiger partial charge on any atom is -0.395 e. The van der Waals surface area contributed by atoms with Gasteiger partial charge in [0.05, 0.1) is 6.61 Å². The Kier molecular flexibility index (Phi) is 7.14. The van der Waals surface area contributed by atoms with Crippen molar-refractivity contribution >= 4 is 0 Å². The third kappa shape index (κ3) is 4.49. The molecule has 0 heterocycles. The van der Waals surface area contributed by atoms with Crippen LogP contribution in [0.3, 0.4) is 0 Å². The van der Waals surface area contributed by atoms with E-state index in [1.807, 2.05) is 0 Å².